The van der Waals surface area contributed by atoms with Gasteiger partial charge in [0.05, 0.1) is 10.6 Å². The van der Waals surface area contributed by atoms with Crippen molar-refractivity contribution in [2.45, 2.75) is 19.3 Å². The Kier molecular flexibility index (Phi) is 3.45. The van der Waals surface area contributed by atoms with Crippen molar-refractivity contribution in [2.75, 3.05) is 5.32 Å². The predicted molar refractivity (Wildman–Crippen MR) is 77.8 cm³/mol. The average molecular weight is 290 g/mol. The number of hydrogen-bond acceptors (Lipinski definition) is 1. The molecular weight excluding hydrogens is 277 g/mol. The first-order valence-corrected chi connectivity index (χ1v) is 6.89. The Balaban J connectivity index is 1.82. The molecule has 0 unspecified atom stereocenters. The molecule has 20 heavy (non-hydrogen) atoms. The van der Waals surface area contributed by atoms with Gasteiger partial charge in [-0.1, -0.05) is 17.7 Å². The standard InChI is InChI=1S/C16H13ClFNO/c17-15-9-12(18)5-7-14(15)16(20)19-13-6-4-10-2-1-3-11(10)8-13/h4-9H,1-3H2,(H,19,20). The summed E-state index contributed by atoms with van der Waals surface area (Å²) >= 11 is 5.88. The number of carbonyl (C=O) groups is 1. The fourth-order valence-electron chi connectivity index (χ4n) is 2.52. The van der Waals surface area contributed by atoms with Crippen molar-refractivity contribution >= 4 is 23.2 Å². The van der Waals surface area contributed by atoms with Crippen molar-refractivity contribution in [1.82, 2.24) is 0 Å². The Hall–Kier alpha value is -1.87. The highest BCUT2D eigenvalue weighted by molar-refractivity contribution is 6.34. The van der Waals surface area contributed by atoms with Crippen LogP contribution in [0.15, 0.2) is 36.4 Å². The zero-order valence-corrected chi connectivity index (χ0v) is 11.5. The quantitative estimate of drug-likeness (QED) is 0.881. The lowest BCUT2D eigenvalue weighted by Gasteiger charge is -2.08. The van der Waals surface area contributed by atoms with Gasteiger partial charge in [-0.05, 0) is 60.7 Å². The molecule has 0 aromatic heterocycles. The summed E-state index contributed by atoms with van der Waals surface area (Å²) in [5.41, 5.74) is 3.65. The summed E-state index contributed by atoms with van der Waals surface area (Å²) in [5.74, 6) is -0.781. The lowest BCUT2D eigenvalue weighted by atomic mass is 10.1. The average Bonchev–Trinajstić information content (AvgIpc) is 2.85. The summed E-state index contributed by atoms with van der Waals surface area (Å²) in [6.07, 6.45) is 3.32. The smallest absolute Gasteiger partial charge is 0.257 e. The maximum absolute atomic E-state index is 13.0. The third-order valence-corrected chi connectivity index (χ3v) is 3.84. The molecule has 0 heterocycles. The molecule has 0 fully saturated rings. The van der Waals surface area contributed by atoms with Crippen molar-refractivity contribution in [2.24, 2.45) is 0 Å². The van der Waals surface area contributed by atoms with Crippen LogP contribution in [-0.4, -0.2) is 5.91 Å². The SMILES string of the molecule is O=C(Nc1ccc2c(c1)CCC2)c1ccc(F)cc1Cl. The molecule has 0 aliphatic heterocycles. The number of aryl methyl sites for hydroxylation is 2. The molecule has 0 saturated heterocycles. The van der Waals surface area contributed by atoms with Crippen molar-refractivity contribution in [1.29, 1.82) is 0 Å². The summed E-state index contributed by atoms with van der Waals surface area (Å²) in [4.78, 5) is 12.1. The third-order valence-electron chi connectivity index (χ3n) is 3.53. The molecule has 2 aromatic carbocycles. The Morgan fingerprint density at radius 3 is 2.70 bits per heavy atom. The van der Waals surface area contributed by atoms with Crippen molar-refractivity contribution in [3.8, 4) is 0 Å². The van der Waals surface area contributed by atoms with E-state index in [2.05, 4.69) is 5.32 Å². The van der Waals surface area contributed by atoms with Gasteiger partial charge in [-0.2, -0.15) is 0 Å². The molecule has 4 heteroatoms. The molecule has 0 spiro atoms. The molecule has 1 amide bonds. The Morgan fingerprint density at radius 1 is 1.10 bits per heavy atom. The van der Waals surface area contributed by atoms with E-state index in [1.807, 2.05) is 18.2 Å². The zero-order valence-electron chi connectivity index (χ0n) is 10.7. The maximum Gasteiger partial charge on any atom is 0.257 e. The van der Waals surface area contributed by atoms with Crippen LogP contribution < -0.4 is 5.32 Å². The number of halogens is 2. The Morgan fingerprint density at radius 2 is 1.90 bits per heavy atom. The van der Waals surface area contributed by atoms with Crippen LogP contribution in [0.25, 0.3) is 0 Å². The van der Waals surface area contributed by atoms with Gasteiger partial charge >= 0.3 is 0 Å². The zero-order chi connectivity index (χ0) is 14.1. The van der Waals surface area contributed by atoms with Crippen LogP contribution in [0, 0.1) is 5.82 Å². The first kappa shape index (κ1) is 13.1. The molecule has 2 nitrogen and oxygen atoms in total. The number of hydrogen-bond donors (Lipinski definition) is 1. The van der Waals surface area contributed by atoms with Gasteiger partial charge in [0.2, 0.25) is 0 Å². The van der Waals surface area contributed by atoms with E-state index in [0.29, 0.717) is 0 Å². The molecule has 0 radical (unpaired) electrons. The fourth-order valence-corrected chi connectivity index (χ4v) is 2.77. The van der Waals surface area contributed by atoms with Gasteiger partial charge in [0.25, 0.3) is 5.91 Å². The number of benzene rings is 2. The third kappa shape index (κ3) is 2.54. The van der Waals surface area contributed by atoms with E-state index in [1.165, 1.54) is 23.3 Å². The Labute approximate surface area is 121 Å². The van der Waals surface area contributed by atoms with Crippen LogP contribution in [0.5, 0.6) is 0 Å². The number of anilines is 1. The lowest BCUT2D eigenvalue weighted by molar-refractivity contribution is 0.102. The summed E-state index contributed by atoms with van der Waals surface area (Å²) < 4.78 is 13.0. The van der Waals surface area contributed by atoms with Crippen LogP contribution in [0.4, 0.5) is 10.1 Å². The minimum Gasteiger partial charge on any atom is -0.322 e. The van der Waals surface area contributed by atoms with Crippen LogP contribution in [0.2, 0.25) is 5.02 Å². The Bertz CT molecular complexity index is 684. The molecule has 3 rings (SSSR count). The van der Waals surface area contributed by atoms with E-state index in [-0.39, 0.29) is 16.5 Å². The number of nitrogens with one attached hydrogen (secondary N) is 1. The maximum atomic E-state index is 13.0. The number of rotatable bonds is 2. The minimum atomic E-state index is -0.455. The van der Waals surface area contributed by atoms with E-state index in [4.69, 9.17) is 11.6 Å². The topological polar surface area (TPSA) is 29.1 Å². The molecule has 1 aliphatic carbocycles. The summed E-state index contributed by atoms with van der Waals surface area (Å²) in [5, 5.41) is 2.92. The van der Waals surface area contributed by atoms with Crippen LogP contribution in [0.1, 0.15) is 27.9 Å². The van der Waals surface area contributed by atoms with Gasteiger partial charge in [-0.3, -0.25) is 4.79 Å². The number of amides is 1. The van der Waals surface area contributed by atoms with Crippen LogP contribution in [0.3, 0.4) is 0 Å². The molecule has 102 valence electrons. The van der Waals surface area contributed by atoms with Gasteiger partial charge in [0, 0.05) is 5.69 Å². The highest BCUT2D eigenvalue weighted by Gasteiger charge is 2.14. The van der Waals surface area contributed by atoms with E-state index in [9.17, 15) is 9.18 Å². The monoisotopic (exact) mass is 289 g/mol. The van der Waals surface area contributed by atoms with Crippen LogP contribution >= 0.6 is 11.6 Å². The van der Waals surface area contributed by atoms with E-state index in [0.717, 1.165) is 31.0 Å². The first-order chi connectivity index (χ1) is 9.63. The first-order valence-electron chi connectivity index (χ1n) is 6.52. The van der Waals surface area contributed by atoms with Crippen LogP contribution in [-0.2, 0) is 12.8 Å². The normalized spacial score (nSPS) is 13.1. The summed E-state index contributed by atoms with van der Waals surface area (Å²) in [6, 6.07) is 9.68. The number of fused-ring (bicyclic) bond motifs is 1. The van der Waals surface area contributed by atoms with Crippen molar-refractivity contribution in [3.05, 3.63) is 63.9 Å². The van der Waals surface area contributed by atoms with Gasteiger partial charge in [-0.15, -0.1) is 0 Å². The second-order valence-electron chi connectivity index (χ2n) is 4.92. The lowest BCUT2D eigenvalue weighted by Crippen LogP contribution is -2.12. The molecular formula is C16H13ClFNO. The van der Waals surface area contributed by atoms with E-state index < -0.39 is 5.82 Å². The highest BCUT2D eigenvalue weighted by Crippen LogP contribution is 2.25. The van der Waals surface area contributed by atoms with Gasteiger partial charge in [0.15, 0.2) is 0 Å². The van der Waals surface area contributed by atoms with Gasteiger partial charge < -0.3 is 5.32 Å². The molecule has 1 aliphatic rings. The summed E-state index contributed by atoms with van der Waals surface area (Å²) in [6.45, 7) is 0. The molecule has 0 saturated carbocycles. The predicted octanol–water partition coefficient (Wildman–Crippen LogP) is 4.22. The second kappa shape index (κ2) is 5.25. The molecule has 0 atom stereocenters. The molecule has 2 aromatic rings. The molecule has 0 bridgehead atoms. The second-order valence-corrected chi connectivity index (χ2v) is 5.32. The summed E-state index contributed by atoms with van der Waals surface area (Å²) in [7, 11) is 0. The highest BCUT2D eigenvalue weighted by atomic mass is 35.5. The number of carbonyl (C=O) groups excluding carboxylic acids is 1. The van der Waals surface area contributed by atoms with Gasteiger partial charge in [-0.25, -0.2) is 4.39 Å². The fraction of sp³-hybridized carbons (Fsp3) is 0.188. The van der Waals surface area contributed by atoms with Gasteiger partial charge in [0.1, 0.15) is 5.82 Å². The molecule has 1 N–H and O–H groups in total. The van der Waals surface area contributed by atoms with E-state index >= 15 is 0 Å². The minimum absolute atomic E-state index is 0.115. The van der Waals surface area contributed by atoms with E-state index in [1.54, 1.807) is 0 Å². The van der Waals surface area contributed by atoms with Crippen molar-refractivity contribution < 1.29 is 9.18 Å². The van der Waals surface area contributed by atoms with Crippen molar-refractivity contribution in [3.63, 3.8) is 0 Å². The largest absolute Gasteiger partial charge is 0.322 e.